The van der Waals surface area contributed by atoms with Gasteiger partial charge >= 0.3 is 0 Å². The average molecular weight is 430 g/mol. The maximum absolute atomic E-state index is 12.6. The van der Waals surface area contributed by atoms with Crippen molar-refractivity contribution in [2.75, 3.05) is 19.6 Å². The Kier molecular flexibility index (Phi) is 8.09. The van der Waals surface area contributed by atoms with Crippen LogP contribution in [0.25, 0.3) is 11.1 Å². The van der Waals surface area contributed by atoms with Gasteiger partial charge in [-0.05, 0) is 80.1 Å². The van der Waals surface area contributed by atoms with Crippen LogP contribution >= 0.6 is 0 Å². The van der Waals surface area contributed by atoms with E-state index in [2.05, 4.69) is 64.8 Å². The van der Waals surface area contributed by atoms with Gasteiger partial charge in [-0.2, -0.15) is 5.26 Å². The first-order valence-corrected chi connectivity index (χ1v) is 12.3. The topological polar surface area (TPSA) is 56.1 Å². The number of rotatable bonds is 8. The molecule has 0 bridgehead atoms. The molecule has 2 atom stereocenters. The van der Waals surface area contributed by atoms with E-state index in [4.69, 9.17) is 0 Å². The van der Waals surface area contributed by atoms with Gasteiger partial charge < -0.3 is 5.32 Å². The SMILES string of the molecule is N#C[C@@H](CC(=O)[C@@H]1CCCCN1)Cc1ccc(-c2cccc(CN3CCCCC3)c2)cc1. The zero-order valence-electron chi connectivity index (χ0n) is 19.1. The van der Waals surface area contributed by atoms with Crippen molar-refractivity contribution in [1.82, 2.24) is 10.2 Å². The van der Waals surface area contributed by atoms with E-state index in [1.54, 1.807) is 0 Å². The second kappa shape index (κ2) is 11.4. The van der Waals surface area contributed by atoms with Crippen molar-refractivity contribution in [2.45, 2.75) is 64.0 Å². The van der Waals surface area contributed by atoms with E-state index in [9.17, 15) is 10.1 Å². The second-order valence-electron chi connectivity index (χ2n) is 9.44. The summed E-state index contributed by atoms with van der Waals surface area (Å²) in [4.78, 5) is 15.1. The average Bonchev–Trinajstić information content (AvgIpc) is 2.85. The number of Topliss-reactive ketones (excluding diaryl/α,β-unsaturated/α-hetero) is 1. The minimum atomic E-state index is -0.259. The van der Waals surface area contributed by atoms with Gasteiger partial charge in [-0.15, -0.1) is 0 Å². The summed E-state index contributed by atoms with van der Waals surface area (Å²) in [5.41, 5.74) is 4.92. The molecule has 0 spiro atoms. The van der Waals surface area contributed by atoms with Gasteiger partial charge in [0.1, 0.15) is 0 Å². The van der Waals surface area contributed by atoms with E-state index in [1.807, 2.05) is 0 Å². The summed E-state index contributed by atoms with van der Waals surface area (Å²) in [5.74, 6) is -0.0664. The fraction of sp³-hybridized carbons (Fsp3) is 0.500. The molecule has 2 aromatic carbocycles. The van der Waals surface area contributed by atoms with Crippen LogP contribution in [0.5, 0.6) is 0 Å². The summed E-state index contributed by atoms with van der Waals surface area (Å²) in [5, 5.41) is 12.9. The van der Waals surface area contributed by atoms with E-state index in [0.29, 0.717) is 12.8 Å². The van der Waals surface area contributed by atoms with E-state index < -0.39 is 0 Å². The highest BCUT2D eigenvalue weighted by molar-refractivity contribution is 5.84. The summed E-state index contributed by atoms with van der Waals surface area (Å²) in [6.07, 6.45) is 8.10. The molecule has 0 amide bonds. The lowest BCUT2D eigenvalue weighted by Gasteiger charge is -2.26. The number of ketones is 1. The highest BCUT2D eigenvalue weighted by Crippen LogP contribution is 2.24. The molecule has 2 fully saturated rings. The van der Waals surface area contributed by atoms with Gasteiger partial charge in [0.15, 0.2) is 5.78 Å². The molecule has 1 N–H and O–H groups in total. The maximum Gasteiger partial charge on any atom is 0.151 e. The third-order valence-electron chi connectivity index (χ3n) is 6.88. The lowest BCUT2D eigenvalue weighted by Crippen LogP contribution is -2.41. The zero-order chi connectivity index (χ0) is 22.2. The summed E-state index contributed by atoms with van der Waals surface area (Å²) in [7, 11) is 0. The molecule has 32 heavy (non-hydrogen) atoms. The molecule has 2 heterocycles. The van der Waals surface area contributed by atoms with Crippen LogP contribution in [0.2, 0.25) is 0 Å². The fourth-order valence-corrected chi connectivity index (χ4v) is 5.02. The van der Waals surface area contributed by atoms with Crippen LogP contribution in [-0.2, 0) is 17.8 Å². The highest BCUT2D eigenvalue weighted by atomic mass is 16.1. The fourth-order valence-electron chi connectivity index (χ4n) is 5.02. The first-order chi connectivity index (χ1) is 15.7. The number of benzene rings is 2. The van der Waals surface area contributed by atoms with E-state index in [0.717, 1.165) is 37.9 Å². The maximum atomic E-state index is 12.6. The predicted octanol–water partition coefficient (Wildman–Crippen LogP) is 5.12. The van der Waals surface area contributed by atoms with Crippen LogP contribution in [0, 0.1) is 17.2 Å². The number of hydrogen-bond acceptors (Lipinski definition) is 4. The van der Waals surface area contributed by atoms with Crippen LogP contribution in [0.1, 0.15) is 56.1 Å². The van der Waals surface area contributed by atoms with Gasteiger partial charge in [-0.25, -0.2) is 0 Å². The summed E-state index contributed by atoms with van der Waals surface area (Å²) >= 11 is 0. The lowest BCUT2D eigenvalue weighted by atomic mass is 9.90. The van der Waals surface area contributed by atoms with Crippen LogP contribution in [0.4, 0.5) is 0 Å². The van der Waals surface area contributed by atoms with Gasteiger partial charge in [-0.3, -0.25) is 9.69 Å². The number of carbonyl (C=O) groups excluding carboxylic acids is 1. The molecular weight excluding hydrogens is 394 g/mol. The largest absolute Gasteiger partial charge is 0.307 e. The lowest BCUT2D eigenvalue weighted by molar-refractivity contribution is -0.122. The number of piperidine rings is 2. The number of hydrogen-bond donors (Lipinski definition) is 1. The number of likely N-dealkylation sites (tertiary alicyclic amines) is 1. The molecule has 168 valence electrons. The van der Waals surface area contributed by atoms with Crippen LogP contribution in [0.3, 0.4) is 0 Å². The van der Waals surface area contributed by atoms with Crippen molar-refractivity contribution in [2.24, 2.45) is 5.92 Å². The predicted molar refractivity (Wildman–Crippen MR) is 129 cm³/mol. The molecule has 2 aliphatic heterocycles. The minimum absolute atomic E-state index is 0.0563. The van der Waals surface area contributed by atoms with E-state index >= 15 is 0 Å². The van der Waals surface area contributed by atoms with Crippen molar-refractivity contribution in [3.8, 4) is 17.2 Å². The van der Waals surface area contributed by atoms with E-state index in [-0.39, 0.29) is 17.7 Å². The molecule has 4 nitrogen and oxygen atoms in total. The highest BCUT2D eigenvalue weighted by Gasteiger charge is 2.23. The number of nitriles is 1. The third-order valence-corrected chi connectivity index (χ3v) is 6.88. The molecule has 0 aromatic heterocycles. The first-order valence-electron chi connectivity index (χ1n) is 12.3. The summed E-state index contributed by atoms with van der Waals surface area (Å²) in [6, 6.07) is 19.7. The molecule has 4 heteroatoms. The van der Waals surface area contributed by atoms with Crippen LogP contribution in [0.15, 0.2) is 48.5 Å². The molecule has 0 radical (unpaired) electrons. The monoisotopic (exact) mass is 429 g/mol. The van der Waals surface area contributed by atoms with Crippen LogP contribution < -0.4 is 5.32 Å². The van der Waals surface area contributed by atoms with Crippen LogP contribution in [-0.4, -0.2) is 36.4 Å². The Hall–Kier alpha value is -2.48. The molecule has 0 unspecified atom stereocenters. The van der Waals surface area contributed by atoms with Crippen molar-refractivity contribution in [3.05, 3.63) is 59.7 Å². The Balaban J connectivity index is 1.35. The van der Waals surface area contributed by atoms with Gasteiger partial charge in [0.2, 0.25) is 0 Å². The summed E-state index contributed by atoms with van der Waals surface area (Å²) in [6.45, 7) is 4.35. The normalized spacial score (nSPS) is 20.4. The third kappa shape index (κ3) is 6.28. The van der Waals surface area contributed by atoms with Crippen molar-refractivity contribution in [1.29, 1.82) is 5.26 Å². The molecular formula is C28H35N3O. The number of nitrogens with one attached hydrogen (secondary N) is 1. The Bertz CT molecular complexity index is 918. The second-order valence-corrected chi connectivity index (χ2v) is 9.44. The molecule has 2 aromatic rings. The van der Waals surface area contributed by atoms with E-state index in [1.165, 1.54) is 49.0 Å². The molecule has 4 rings (SSSR count). The molecule has 0 saturated carbocycles. The Morgan fingerprint density at radius 2 is 1.81 bits per heavy atom. The Morgan fingerprint density at radius 3 is 2.53 bits per heavy atom. The van der Waals surface area contributed by atoms with Gasteiger partial charge in [0.05, 0.1) is 18.0 Å². The first kappa shape index (κ1) is 22.7. The Labute approximate surface area is 192 Å². The number of carbonyl (C=O) groups is 1. The Morgan fingerprint density at radius 1 is 1.00 bits per heavy atom. The number of nitrogens with zero attached hydrogens (tertiary/aromatic N) is 2. The quantitative estimate of drug-likeness (QED) is 0.632. The van der Waals surface area contributed by atoms with Gasteiger partial charge in [0, 0.05) is 13.0 Å². The summed E-state index contributed by atoms with van der Waals surface area (Å²) < 4.78 is 0. The van der Waals surface area contributed by atoms with Crippen molar-refractivity contribution >= 4 is 5.78 Å². The molecule has 2 saturated heterocycles. The zero-order valence-corrected chi connectivity index (χ0v) is 19.1. The standard InChI is InChI=1S/C28H35N3O/c29-20-24(19-28(32)27-9-2-3-14-30-27)17-22-10-12-25(13-11-22)26-8-6-7-23(18-26)21-31-15-4-1-5-16-31/h6-8,10-13,18,24,27,30H,1-5,9,14-17,19,21H2/t24-,27+/m1/s1. The van der Waals surface area contributed by atoms with Crippen molar-refractivity contribution < 1.29 is 4.79 Å². The van der Waals surface area contributed by atoms with Gasteiger partial charge in [-0.1, -0.05) is 55.3 Å². The smallest absolute Gasteiger partial charge is 0.151 e. The van der Waals surface area contributed by atoms with Crippen molar-refractivity contribution in [3.63, 3.8) is 0 Å². The minimum Gasteiger partial charge on any atom is -0.307 e. The molecule has 2 aliphatic rings. The van der Waals surface area contributed by atoms with Gasteiger partial charge in [0.25, 0.3) is 0 Å². The molecule has 0 aliphatic carbocycles.